The Balaban J connectivity index is 1.81. The van der Waals surface area contributed by atoms with Gasteiger partial charge in [-0.2, -0.15) is 0 Å². The van der Waals surface area contributed by atoms with Crippen LogP contribution in [-0.4, -0.2) is 63.9 Å². The number of amides is 3. The molecule has 2 fully saturated rings. The number of hydrogen-bond donors (Lipinski definition) is 0. The fourth-order valence-electron chi connectivity index (χ4n) is 3.51. The smallest absolute Gasteiger partial charge is 0.327 e. The predicted octanol–water partition coefficient (Wildman–Crippen LogP) is 1.37. The molecule has 2 aliphatic rings. The van der Waals surface area contributed by atoms with Gasteiger partial charge in [0.2, 0.25) is 5.95 Å². The van der Waals surface area contributed by atoms with Gasteiger partial charge in [0.05, 0.1) is 0 Å². The van der Waals surface area contributed by atoms with Gasteiger partial charge in [-0.25, -0.2) is 14.8 Å². The third-order valence-corrected chi connectivity index (χ3v) is 4.71. The third kappa shape index (κ3) is 2.54. The second-order valence-electron chi connectivity index (χ2n) is 6.72. The van der Waals surface area contributed by atoms with E-state index in [1.54, 1.807) is 30.4 Å². The normalized spacial score (nSPS) is 21.0. The van der Waals surface area contributed by atoms with E-state index in [1.807, 2.05) is 0 Å². The lowest BCUT2D eigenvalue weighted by molar-refractivity contribution is -0.133. The monoisotopic (exact) mass is 317 g/mol. The van der Waals surface area contributed by atoms with E-state index in [-0.39, 0.29) is 11.9 Å². The van der Waals surface area contributed by atoms with Crippen molar-refractivity contribution in [2.75, 3.05) is 31.6 Å². The number of rotatable bonds is 3. The van der Waals surface area contributed by atoms with Crippen LogP contribution >= 0.6 is 0 Å². The molecule has 0 atom stereocenters. The molecule has 124 valence electrons. The molecule has 0 bridgehead atoms. The Labute approximate surface area is 136 Å². The van der Waals surface area contributed by atoms with E-state index in [1.165, 1.54) is 4.90 Å². The molecule has 3 amide bonds. The molecule has 2 aliphatic heterocycles. The lowest BCUT2D eigenvalue weighted by Gasteiger charge is -2.42. The SMILES string of the molecule is CC(C)CN1C(=O)N(C)C(=O)C12CCN(c1ncccn1)CC2. The van der Waals surface area contributed by atoms with Crippen molar-refractivity contribution < 1.29 is 9.59 Å². The maximum atomic E-state index is 12.7. The number of piperidine rings is 1. The Morgan fingerprint density at radius 2 is 1.78 bits per heavy atom. The van der Waals surface area contributed by atoms with Crippen LogP contribution in [0.3, 0.4) is 0 Å². The highest BCUT2D eigenvalue weighted by Crippen LogP contribution is 2.37. The second kappa shape index (κ2) is 5.79. The highest BCUT2D eigenvalue weighted by molar-refractivity contribution is 6.06. The van der Waals surface area contributed by atoms with Crippen molar-refractivity contribution in [2.24, 2.45) is 5.92 Å². The standard InChI is InChI=1S/C16H23N5O2/c1-12(2)11-21-15(23)19(3)13(22)16(21)5-9-20(10-6-16)14-17-7-4-8-18-14/h4,7-8,12H,5-6,9-11H2,1-3H3. The van der Waals surface area contributed by atoms with Crippen LogP contribution in [0.15, 0.2) is 18.5 Å². The lowest BCUT2D eigenvalue weighted by Crippen LogP contribution is -2.57. The quantitative estimate of drug-likeness (QED) is 0.788. The third-order valence-electron chi connectivity index (χ3n) is 4.71. The fraction of sp³-hybridized carbons (Fsp3) is 0.625. The van der Waals surface area contributed by atoms with Gasteiger partial charge in [-0.15, -0.1) is 0 Å². The number of imide groups is 1. The summed E-state index contributed by atoms with van der Waals surface area (Å²) in [5, 5.41) is 0. The van der Waals surface area contributed by atoms with Crippen LogP contribution in [0, 0.1) is 5.92 Å². The summed E-state index contributed by atoms with van der Waals surface area (Å²) >= 11 is 0. The molecule has 3 heterocycles. The Bertz CT molecular complexity index is 596. The Morgan fingerprint density at radius 1 is 1.17 bits per heavy atom. The van der Waals surface area contributed by atoms with Gasteiger partial charge in [0, 0.05) is 39.1 Å². The van der Waals surface area contributed by atoms with E-state index >= 15 is 0 Å². The first-order chi connectivity index (χ1) is 11.0. The number of aromatic nitrogens is 2. The van der Waals surface area contributed by atoms with Crippen LogP contribution in [0.1, 0.15) is 26.7 Å². The van der Waals surface area contributed by atoms with Crippen molar-refractivity contribution in [1.29, 1.82) is 0 Å². The van der Waals surface area contributed by atoms with Gasteiger partial charge in [-0.3, -0.25) is 9.69 Å². The topological polar surface area (TPSA) is 69.6 Å². The zero-order valence-corrected chi connectivity index (χ0v) is 13.9. The van der Waals surface area contributed by atoms with E-state index in [9.17, 15) is 9.59 Å². The molecule has 0 saturated carbocycles. The maximum absolute atomic E-state index is 12.7. The highest BCUT2D eigenvalue weighted by Gasteiger charge is 2.56. The molecule has 3 rings (SSSR count). The van der Waals surface area contributed by atoms with Gasteiger partial charge in [0.25, 0.3) is 5.91 Å². The molecule has 1 spiro atoms. The summed E-state index contributed by atoms with van der Waals surface area (Å²) in [6, 6.07) is 1.61. The first-order valence-electron chi connectivity index (χ1n) is 8.07. The van der Waals surface area contributed by atoms with E-state index in [2.05, 4.69) is 28.7 Å². The summed E-state index contributed by atoms with van der Waals surface area (Å²) in [5.74, 6) is 0.935. The number of anilines is 1. The molecule has 0 unspecified atom stereocenters. The highest BCUT2D eigenvalue weighted by atomic mass is 16.2. The molecular weight excluding hydrogens is 294 g/mol. The van der Waals surface area contributed by atoms with Crippen molar-refractivity contribution in [1.82, 2.24) is 19.8 Å². The molecule has 2 saturated heterocycles. The average molecular weight is 317 g/mol. The number of nitrogens with zero attached hydrogens (tertiary/aromatic N) is 5. The lowest BCUT2D eigenvalue weighted by atomic mass is 9.85. The average Bonchev–Trinajstić information content (AvgIpc) is 2.72. The van der Waals surface area contributed by atoms with E-state index in [4.69, 9.17) is 0 Å². The number of urea groups is 1. The molecule has 23 heavy (non-hydrogen) atoms. The summed E-state index contributed by atoms with van der Waals surface area (Å²) in [6.07, 6.45) is 4.67. The van der Waals surface area contributed by atoms with E-state index < -0.39 is 5.54 Å². The maximum Gasteiger partial charge on any atom is 0.327 e. The number of carbonyl (C=O) groups is 2. The Morgan fingerprint density at radius 3 is 2.35 bits per heavy atom. The number of hydrogen-bond acceptors (Lipinski definition) is 5. The molecule has 0 radical (unpaired) electrons. The minimum atomic E-state index is -0.693. The second-order valence-corrected chi connectivity index (χ2v) is 6.72. The Kier molecular flexibility index (Phi) is 3.95. The molecule has 1 aromatic rings. The summed E-state index contributed by atoms with van der Waals surface area (Å²) in [6.45, 7) is 6.08. The van der Waals surface area contributed by atoms with Crippen molar-refractivity contribution in [2.45, 2.75) is 32.2 Å². The Hall–Kier alpha value is -2.18. The van der Waals surface area contributed by atoms with E-state index in [0.29, 0.717) is 44.3 Å². The summed E-state index contributed by atoms with van der Waals surface area (Å²) in [4.78, 5) is 38.9. The minimum absolute atomic E-state index is 0.0724. The van der Waals surface area contributed by atoms with Crippen LogP contribution in [0.5, 0.6) is 0 Å². The van der Waals surface area contributed by atoms with Crippen LogP contribution in [0.4, 0.5) is 10.7 Å². The van der Waals surface area contributed by atoms with E-state index in [0.717, 1.165) is 0 Å². The van der Waals surface area contributed by atoms with Gasteiger partial charge in [-0.05, 0) is 24.8 Å². The summed E-state index contributed by atoms with van der Waals surface area (Å²) < 4.78 is 0. The largest absolute Gasteiger partial charge is 0.341 e. The zero-order chi connectivity index (χ0) is 16.6. The van der Waals surface area contributed by atoms with Gasteiger partial charge >= 0.3 is 6.03 Å². The van der Waals surface area contributed by atoms with Crippen molar-refractivity contribution in [3.05, 3.63) is 18.5 Å². The zero-order valence-electron chi connectivity index (χ0n) is 13.9. The summed E-state index contributed by atoms with van der Waals surface area (Å²) in [7, 11) is 1.58. The van der Waals surface area contributed by atoms with Gasteiger partial charge < -0.3 is 9.80 Å². The molecule has 1 aromatic heterocycles. The first-order valence-corrected chi connectivity index (χ1v) is 8.07. The summed E-state index contributed by atoms with van der Waals surface area (Å²) in [5.41, 5.74) is -0.693. The van der Waals surface area contributed by atoms with Crippen LogP contribution < -0.4 is 4.90 Å². The number of carbonyl (C=O) groups excluding carboxylic acids is 2. The first kappa shape index (κ1) is 15.7. The molecule has 0 N–H and O–H groups in total. The molecule has 7 nitrogen and oxygen atoms in total. The van der Waals surface area contributed by atoms with Crippen molar-refractivity contribution in [3.63, 3.8) is 0 Å². The molecule has 0 aromatic carbocycles. The number of likely N-dealkylation sites (N-methyl/N-ethyl adjacent to an activating group) is 1. The fourth-order valence-corrected chi connectivity index (χ4v) is 3.51. The molecule has 0 aliphatic carbocycles. The van der Waals surface area contributed by atoms with Gasteiger partial charge in [0.1, 0.15) is 5.54 Å². The van der Waals surface area contributed by atoms with Crippen LogP contribution in [0.2, 0.25) is 0 Å². The van der Waals surface area contributed by atoms with Crippen LogP contribution in [0.25, 0.3) is 0 Å². The van der Waals surface area contributed by atoms with Crippen molar-refractivity contribution in [3.8, 4) is 0 Å². The van der Waals surface area contributed by atoms with Crippen LogP contribution in [-0.2, 0) is 4.79 Å². The molecule has 7 heteroatoms. The minimum Gasteiger partial charge on any atom is -0.341 e. The predicted molar refractivity (Wildman–Crippen MR) is 85.9 cm³/mol. The van der Waals surface area contributed by atoms with Gasteiger partial charge in [0.15, 0.2) is 0 Å². The van der Waals surface area contributed by atoms with Crippen molar-refractivity contribution >= 4 is 17.9 Å². The van der Waals surface area contributed by atoms with Gasteiger partial charge in [-0.1, -0.05) is 13.8 Å². The molecular formula is C16H23N5O2.